The van der Waals surface area contributed by atoms with Gasteiger partial charge in [0.2, 0.25) is 0 Å². The molecule has 0 aromatic rings. The minimum Gasteiger partial charge on any atom is -0.313 e. The normalized spacial score (nSPS) is 29.3. The highest BCUT2D eigenvalue weighted by Gasteiger charge is 2.13. The maximum atomic E-state index is 10.3. The molecular weight excluding hydrogens is 110 g/mol. The Balaban J connectivity index is 2.62. The van der Waals surface area contributed by atoms with Crippen LogP contribution in [0.15, 0.2) is 11.5 Å². The van der Waals surface area contributed by atoms with Crippen molar-refractivity contribution in [2.45, 2.75) is 5.37 Å². The van der Waals surface area contributed by atoms with E-state index in [9.17, 15) is 4.79 Å². The number of ketones is 1. The van der Waals surface area contributed by atoms with Gasteiger partial charge < -0.3 is 5.73 Å². The largest absolute Gasteiger partial charge is 0.313 e. The van der Waals surface area contributed by atoms with Crippen LogP contribution in [0.4, 0.5) is 0 Å². The predicted octanol–water partition coefficient (Wildman–Crippen LogP) is 0.101. The van der Waals surface area contributed by atoms with E-state index < -0.39 is 0 Å². The van der Waals surface area contributed by atoms with Crippen LogP contribution in [-0.4, -0.2) is 11.2 Å². The van der Waals surface area contributed by atoms with Crippen molar-refractivity contribution < 1.29 is 4.79 Å². The van der Waals surface area contributed by atoms with Gasteiger partial charge in [-0.1, -0.05) is 0 Å². The molecule has 0 aromatic heterocycles. The van der Waals surface area contributed by atoms with Gasteiger partial charge in [-0.3, -0.25) is 4.79 Å². The number of carbonyl (C=O) groups excluding carboxylic acids is 1. The third kappa shape index (κ3) is 0.838. The van der Waals surface area contributed by atoms with Crippen LogP contribution < -0.4 is 5.73 Å². The van der Waals surface area contributed by atoms with Crippen LogP contribution in [0.25, 0.3) is 0 Å². The second kappa shape index (κ2) is 1.68. The third-order valence-electron chi connectivity index (χ3n) is 0.738. The molecule has 1 heterocycles. The maximum Gasteiger partial charge on any atom is 0.183 e. The Kier molecular flexibility index (Phi) is 1.17. The smallest absolute Gasteiger partial charge is 0.183 e. The molecule has 1 aliphatic heterocycles. The van der Waals surface area contributed by atoms with Gasteiger partial charge in [-0.25, -0.2) is 0 Å². The van der Waals surface area contributed by atoms with Gasteiger partial charge in [-0.2, -0.15) is 0 Å². The summed E-state index contributed by atoms with van der Waals surface area (Å²) in [6.45, 7) is 0. The van der Waals surface area contributed by atoms with Crippen LogP contribution in [0, 0.1) is 0 Å². The Morgan fingerprint density at radius 1 is 1.86 bits per heavy atom. The Morgan fingerprint density at radius 3 is 2.71 bits per heavy atom. The molecule has 3 heteroatoms. The molecule has 0 spiro atoms. The molecule has 7 heavy (non-hydrogen) atoms. The summed E-state index contributed by atoms with van der Waals surface area (Å²) in [7, 11) is 0. The second-order valence-corrected chi connectivity index (χ2v) is 2.31. The summed E-state index contributed by atoms with van der Waals surface area (Å²) in [6.07, 6.45) is 1.50. The van der Waals surface area contributed by atoms with E-state index in [2.05, 4.69) is 0 Å². The summed E-state index contributed by atoms with van der Waals surface area (Å²) in [5.41, 5.74) is 5.23. The molecule has 38 valence electrons. The first-order valence-corrected chi connectivity index (χ1v) is 2.86. The third-order valence-corrected chi connectivity index (χ3v) is 1.56. The zero-order valence-electron chi connectivity index (χ0n) is 3.63. The summed E-state index contributed by atoms with van der Waals surface area (Å²) in [6, 6.07) is 0. The topological polar surface area (TPSA) is 43.1 Å². The van der Waals surface area contributed by atoms with E-state index in [0.717, 1.165) is 0 Å². The second-order valence-electron chi connectivity index (χ2n) is 1.26. The lowest BCUT2D eigenvalue weighted by Gasteiger charge is -1.92. The Hall–Kier alpha value is -0.280. The highest BCUT2D eigenvalue weighted by molar-refractivity contribution is 8.03. The van der Waals surface area contributed by atoms with Gasteiger partial charge >= 0.3 is 0 Å². The zero-order chi connectivity index (χ0) is 5.28. The number of hydrogen-bond acceptors (Lipinski definition) is 3. The fraction of sp³-hybridized carbons (Fsp3) is 0.250. The first-order valence-electron chi connectivity index (χ1n) is 1.92. The fourth-order valence-corrected chi connectivity index (χ4v) is 0.948. The van der Waals surface area contributed by atoms with E-state index in [1.165, 1.54) is 17.8 Å². The van der Waals surface area contributed by atoms with E-state index in [0.29, 0.717) is 0 Å². The number of nitrogens with two attached hydrogens (primary N) is 1. The molecule has 1 rings (SSSR count). The van der Waals surface area contributed by atoms with Crippen molar-refractivity contribution in [1.29, 1.82) is 0 Å². The van der Waals surface area contributed by atoms with E-state index >= 15 is 0 Å². The summed E-state index contributed by atoms with van der Waals surface area (Å²) in [5.74, 6) is 0.0185. The minimum atomic E-state index is -0.319. The lowest BCUT2D eigenvalue weighted by atomic mass is 10.4. The number of hydrogen-bond donors (Lipinski definition) is 1. The average Bonchev–Trinajstić information content (AvgIpc) is 1.91. The number of carbonyl (C=O) groups is 1. The minimum absolute atomic E-state index is 0.0185. The Morgan fingerprint density at radius 2 is 2.57 bits per heavy atom. The van der Waals surface area contributed by atoms with Crippen molar-refractivity contribution in [3.63, 3.8) is 0 Å². The van der Waals surface area contributed by atoms with Crippen LogP contribution in [0.1, 0.15) is 0 Å². The van der Waals surface area contributed by atoms with Crippen molar-refractivity contribution in [3.8, 4) is 0 Å². The van der Waals surface area contributed by atoms with Crippen molar-refractivity contribution in [3.05, 3.63) is 11.5 Å². The predicted molar refractivity (Wildman–Crippen MR) is 29.7 cm³/mol. The molecule has 0 aromatic carbocycles. The Bertz CT molecular complexity index is 121. The molecule has 0 saturated heterocycles. The molecule has 0 fully saturated rings. The maximum absolute atomic E-state index is 10.3. The molecule has 0 bridgehead atoms. The molecule has 0 amide bonds. The van der Waals surface area contributed by atoms with Crippen molar-refractivity contribution in [1.82, 2.24) is 0 Å². The molecule has 2 nitrogen and oxygen atoms in total. The van der Waals surface area contributed by atoms with Gasteiger partial charge in [0, 0.05) is 0 Å². The van der Waals surface area contributed by atoms with E-state index in [4.69, 9.17) is 5.73 Å². The lowest BCUT2D eigenvalue weighted by Crippen LogP contribution is -2.20. The van der Waals surface area contributed by atoms with Gasteiger partial charge in [0.15, 0.2) is 5.78 Å². The summed E-state index contributed by atoms with van der Waals surface area (Å²) in [5, 5.41) is 1.40. The SMILES string of the molecule is NC1SC=CC1=O. The van der Waals surface area contributed by atoms with Crippen LogP contribution in [0.3, 0.4) is 0 Å². The molecule has 1 unspecified atom stereocenters. The standard InChI is InChI=1S/C4H5NOS/c5-4-3(6)1-2-7-4/h1-2,4H,5H2. The Labute approximate surface area is 45.8 Å². The van der Waals surface area contributed by atoms with Crippen LogP contribution in [-0.2, 0) is 4.79 Å². The lowest BCUT2D eigenvalue weighted by molar-refractivity contribution is -0.113. The average molecular weight is 115 g/mol. The molecule has 0 saturated carbocycles. The number of thioether (sulfide) groups is 1. The van der Waals surface area contributed by atoms with E-state index in [1.807, 2.05) is 0 Å². The fourth-order valence-electron chi connectivity index (χ4n) is 0.353. The quantitative estimate of drug-likeness (QED) is 0.487. The molecule has 1 aliphatic rings. The molecule has 1 atom stereocenters. The van der Waals surface area contributed by atoms with Crippen LogP contribution in [0.5, 0.6) is 0 Å². The first kappa shape index (κ1) is 4.87. The van der Waals surface area contributed by atoms with Gasteiger partial charge in [0.25, 0.3) is 0 Å². The highest BCUT2D eigenvalue weighted by Crippen LogP contribution is 2.15. The van der Waals surface area contributed by atoms with Crippen molar-refractivity contribution in [2.24, 2.45) is 5.73 Å². The van der Waals surface area contributed by atoms with Crippen molar-refractivity contribution >= 4 is 17.5 Å². The van der Waals surface area contributed by atoms with E-state index in [1.54, 1.807) is 5.41 Å². The van der Waals surface area contributed by atoms with Gasteiger partial charge in [-0.05, 0) is 11.5 Å². The molecule has 0 aliphatic carbocycles. The molecule has 0 radical (unpaired) electrons. The first-order chi connectivity index (χ1) is 3.30. The zero-order valence-corrected chi connectivity index (χ0v) is 4.44. The van der Waals surface area contributed by atoms with Gasteiger partial charge in [0.1, 0.15) is 5.37 Å². The van der Waals surface area contributed by atoms with Crippen molar-refractivity contribution in [2.75, 3.05) is 0 Å². The summed E-state index contributed by atoms with van der Waals surface area (Å²) >= 11 is 1.35. The summed E-state index contributed by atoms with van der Waals surface area (Å²) in [4.78, 5) is 10.3. The highest BCUT2D eigenvalue weighted by atomic mass is 32.2. The molecular formula is C4H5NOS. The number of rotatable bonds is 0. The monoisotopic (exact) mass is 115 g/mol. The molecule has 2 N–H and O–H groups in total. The van der Waals surface area contributed by atoms with Crippen LogP contribution in [0.2, 0.25) is 0 Å². The van der Waals surface area contributed by atoms with Gasteiger partial charge in [-0.15, -0.1) is 11.8 Å². The van der Waals surface area contributed by atoms with Crippen LogP contribution >= 0.6 is 11.8 Å². The summed E-state index contributed by atoms with van der Waals surface area (Å²) < 4.78 is 0. The van der Waals surface area contributed by atoms with Gasteiger partial charge in [0.05, 0.1) is 0 Å². The van der Waals surface area contributed by atoms with E-state index in [-0.39, 0.29) is 11.2 Å².